The number of nitrogens with one attached hydrogen (secondary N) is 1. The molecule has 0 unspecified atom stereocenters. The smallest absolute Gasteiger partial charge is 0.296 e. The summed E-state index contributed by atoms with van der Waals surface area (Å²) in [6, 6.07) is 1.72. The second kappa shape index (κ2) is 4.66. The van der Waals surface area contributed by atoms with E-state index < -0.39 is 0 Å². The molecule has 2 aromatic rings. The van der Waals surface area contributed by atoms with E-state index in [1.54, 1.807) is 6.07 Å². The van der Waals surface area contributed by atoms with Crippen molar-refractivity contribution in [3.05, 3.63) is 23.3 Å². The van der Waals surface area contributed by atoms with Gasteiger partial charge in [-0.05, 0) is 31.6 Å². The van der Waals surface area contributed by atoms with Gasteiger partial charge in [-0.25, -0.2) is 4.98 Å². The normalized spacial score (nSPS) is 18.2. The second-order valence-electron chi connectivity index (χ2n) is 5.51. The summed E-state index contributed by atoms with van der Waals surface area (Å²) in [5, 5.41) is 7.17. The number of rotatable bonds is 5. The third-order valence-corrected chi connectivity index (χ3v) is 4.27. The Morgan fingerprint density at radius 2 is 2.25 bits per heavy atom. The summed E-state index contributed by atoms with van der Waals surface area (Å²) >= 11 is 1.21. The molecule has 20 heavy (non-hydrogen) atoms. The van der Waals surface area contributed by atoms with Crippen LogP contribution in [0.15, 0.2) is 10.6 Å². The Hall–Kier alpha value is -1.76. The molecule has 2 fully saturated rings. The first-order valence-electron chi connectivity index (χ1n) is 6.88. The summed E-state index contributed by atoms with van der Waals surface area (Å²) in [6.07, 6.45) is 5.72. The predicted octanol–water partition coefficient (Wildman–Crippen LogP) is 2.61. The van der Waals surface area contributed by atoms with Crippen molar-refractivity contribution < 1.29 is 9.32 Å². The monoisotopic (exact) mass is 290 g/mol. The second-order valence-corrected chi connectivity index (χ2v) is 6.26. The fraction of sp³-hybridized carbons (Fsp3) is 0.538. The lowest BCUT2D eigenvalue weighted by Crippen LogP contribution is -2.10. The summed E-state index contributed by atoms with van der Waals surface area (Å²) in [7, 11) is 0. The molecule has 0 atom stereocenters. The summed E-state index contributed by atoms with van der Waals surface area (Å²) in [5.74, 6) is 1.98. The van der Waals surface area contributed by atoms with Gasteiger partial charge in [-0.2, -0.15) is 4.37 Å². The summed E-state index contributed by atoms with van der Waals surface area (Å²) in [5.41, 5.74) is 0.877. The van der Waals surface area contributed by atoms with Gasteiger partial charge < -0.3 is 4.52 Å². The predicted molar refractivity (Wildman–Crippen MR) is 72.8 cm³/mol. The van der Waals surface area contributed by atoms with Crippen molar-refractivity contribution in [3.8, 4) is 0 Å². The lowest BCUT2D eigenvalue weighted by molar-refractivity contribution is 0.0988. The zero-order valence-corrected chi connectivity index (χ0v) is 11.7. The molecular weight excluding hydrogens is 276 g/mol. The first kappa shape index (κ1) is 12.0. The van der Waals surface area contributed by atoms with Crippen LogP contribution in [0, 0.1) is 5.92 Å². The number of hydrogen-bond acceptors (Lipinski definition) is 6. The molecule has 2 saturated carbocycles. The first-order chi connectivity index (χ1) is 9.78. The van der Waals surface area contributed by atoms with Gasteiger partial charge in [0.1, 0.15) is 5.82 Å². The van der Waals surface area contributed by atoms with E-state index in [1.165, 1.54) is 24.4 Å². The van der Waals surface area contributed by atoms with Crippen LogP contribution in [0.3, 0.4) is 0 Å². The Kier molecular flexibility index (Phi) is 2.80. The Morgan fingerprint density at radius 3 is 3.00 bits per heavy atom. The van der Waals surface area contributed by atoms with E-state index in [9.17, 15) is 4.79 Å². The van der Waals surface area contributed by atoms with Gasteiger partial charge in [0.05, 0.1) is 5.69 Å². The zero-order valence-electron chi connectivity index (χ0n) is 10.8. The Labute approximate surface area is 119 Å². The molecule has 0 bridgehead atoms. The summed E-state index contributed by atoms with van der Waals surface area (Å²) in [4.78, 5) is 16.3. The molecule has 7 heteroatoms. The standard InChI is InChI=1S/C13H14N4O2S/c18-12(10-6-9(16-19-10)8-3-4-8)15-13-14-11(17-20-13)5-7-1-2-7/h6-8H,1-5H2,(H,14,15,17,18). The van der Waals surface area contributed by atoms with Crippen LogP contribution in [0.5, 0.6) is 0 Å². The molecule has 2 aromatic heterocycles. The van der Waals surface area contributed by atoms with Gasteiger partial charge in [0.15, 0.2) is 0 Å². The summed E-state index contributed by atoms with van der Waals surface area (Å²) in [6.45, 7) is 0. The van der Waals surface area contributed by atoms with E-state index in [0.29, 0.717) is 11.0 Å². The SMILES string of the molecule is O=C(Nc1nc(CC2CC2)ns1)c1cc(C2CC2)no1. The first-order valence-corrected chi connectivity index (χ1v) is 7.66. The Morgan fingerprint density at radius 1 is 1.40 bits per heavy atom. The van der Waals surface area contributed by atoms with Crippen molar-refractivity contribution in [2.24, 2.45) is 5.92 Å². The highest BCUT2D eigenvalue weighted by Gasteiger charge is 2.28. The molecule has 0 aromatic carbocycles. The molecule has 2 aliphatic carbocycles. The average Bonchev–Trinajstić information content (AvgIpc) is 3.35. The summed E-state index contributed by atoms with van der Waals surface area (Å²) < 4.78 is 9.33. The van der Waals surface area contributed by atoms with Crippen LogP contribution >= 0.6 is 11.5 Å². The van der Waals surface area contributed by atoms with E-state index in [4.69, 9.17) is 4.52 Å². The van der Waals surface area contributed by atoms with Crippen molar-refractivity contribution in [1.82, 2.24) is 14.5 Å². The van der Waals surface area contributed by atoms with Gasteiger partial charge in [0.2, 0.25) is 10.9 Å². The third kappa shape index (κ3) is 2.58. The minimum absolute atomic E-state index is 0.242. The molecular formula is C13H14N4O2S. The van der Waals surface area contributed by atoms with E-state index in [2.05, 4.69) is 19.8 Å². The van der Waals surface area contributed by atoms with Crippen molar-refractivity contribution in [2.75, 3.05) is 5.32 Å². The number of hydrogen-bond donors (Lipinski definition) is 1. The Bertz CT molecular complexity index is 642. The maximum Gasteiger partial charge on any atom is 0.296 e. The van der Waals surface area contributed by atoms with Crippen molar-refractivity contribution in [1.29, 1.82) is 0 Å². The lowest BCUT2D eigenvalue weighted by Gasteiger charge is -1.95. The van der Waals surface area contributed by atoms with Gasteiger partial charge in [0, 0.05) is 29.9 Å². The van der Waals surface area contributed by atoms with Crippen molar-refractivity contribution in [2.45, 2.75) is 38.0 Å². The number of carbonyl (C=O) groups is 1. The number of anilines is 1. The van der Waals surface area contributed by atoms with Crippen LogP contribution in [0.4, 0.5) is 5.13 Å². The number of aromatic nitrogens is 3. The van der Waals surface area contributed by atoms with E-state index in [0.717, 1.165) is 36.7 Å². The highest BCUT2D eigenvalue weighted by Crippen LogP contribution is 2.39. The van der Waals surface area contributed by atoms with E-state index in [-0.39, 0.29) is 11.7 Å². The molecule has 1 amide bonds. The maximum atomic E-state index is 12.0. The maximum absolute atomic E-state index is 12.0. The van der Waals surface area contributed by atoms with Gasteiger partial charge in [-0.15, -0.1) is 0 Å². The van der Waals surface area contributed by atoms with Crippen molar-refractivity contribution >= 4 is 22.6 Å². The molecule has 1 N–H and O–H groups in total. The lowest BCUT2D eigenvalue weighted by atomic mass is 10.2. The molecule has 4 rings (SSSR count). The van der Waals surface area contributed by atoms with Crippen LogP contribution in [-0.4, -0.2) is 20.4 Å². The van der Waals surface area contributed by atoms with Gasteiger partial charge in [-0.3, -0.25) is 10.1 Å². The van der Waals surface area contributed by atoms with Crippen LogP contribution in [0.1, 0.15) is 53.7 Å². The highest BCUT2D eigenvalue weighted by atomic mass is 32.1. The molecule has 0 saturated heterocycles. The van der Waals surface area contributed by atoms with Gasteiger partial charge in [-0.1, -0.05) is 5.16 Å². The zero-order chi connectivity index (χ0) is 13.5. The van der Waals surface area contributed by atoms with Gasteiger partial charge >= 0.3 is 0 Å². The molecule has 104 valence electrons. The fourth-order valence-corrected chi connectivity index (χ4v) is 2.69. The number of carbonyl (C=O) groups excluding carboxylic acids is 1. The van der Waals surface area contributed by atoms with Gasteiger partial charge in [0.25, 0.3) is 5.91 Å². The number of nitrogens with zero attached hydrogens (tertiary/aromatic N) is 3. The van der Waals surface area contributed by atoms with Crippen molar-refractivity contribution in [3.63, 3.8) is 0 Å². The Balaban J connectivity index is 1.41. The highest BCUT2D eigenvalue weighted by molar-refractivity contribution is 7.09. The largest absolute Gasteiger partial charge is 0.351 e. The fourth-order valence-electron chi connectivity index (χ4n) is 2.09. The molecule has 0 radical (unpaired) electrons. The molecule has 2 heterocycles. The van der Waals surface area contributed by atoms with E-state index in [1.807, 2.05) is 0 Å². The number of amides is 1. The molecule has 0 spiro atoms. The molecule has 2 aliphatic rings. The minimum atomic E-state index is -0.307. The van der Waals surface area contributed by atoms with Crippen LogP contribution < -0.4 is 5.32 Å². The topological polar surface area (TPSA) is 80.9 Å². The van der Waals surface area contributed by atoms with Crippen LogP contribution in [-0.2, 0) is 6.42 Å². The average molecular weight is 290 g/mol. The van der Waals surface area contributed by atoms with Crippen LogP contribution in [0.25, 0.3) is 0 Å². The van der Waals surface area contributed by atoms with E-state index >= 15 is 0 Å². The molecule has 6 nitrogen and oxygen atoms in total. The molecule has 0 aliphatic heterocycles. The minimum Gasteiger partial charge on any atom is -0.351 e. The van der Waals surface area contributed by atoms with Crippen LogP contribution in [0.2, 0.25) is 0 Å². The third-order valence-electron chi connectivity index (χ3n) is 3.60. The quantitative estimate of drug-likeness (QED) is 0.915.